The summed E-state index contributed by atoms with van der Waals surface area (Å²) in [7, 11) is -4.22. The molecule has 0 spiro atoms. The van der Waals surface area contributed by atoms with Crippen molar-refractivity contribution in [1.29, 1.82) is 0 Å². The predicted molar refractivity (Wildman–Crippen MR) is 343 cm³/mol. The van der Waals surface area contributed by atoms with E-state index in [-0.39, 0.29) is 76.6 Å². The Hall–Kier alpha value is -4.43. The number of nitrogens with one attached hydrogen (secondary N) is 3. The van der Waals surface area contributed by atoms with Gasteiger partial charge in [-0.15, -0.1) is 0 Å². The minimum absolute atomic E-state index is 0.0526. The number of ether oxygens (including phenoxy) is 2. The summed E-state index contributed by atoms with van der Waals surface area (Å²) in [4.78, 5) is 55.1. The Bertz CT molecular complexity index is 2110. The minimum atomic E-state index is -4.22. The number of hydrogen-bond acceptors (Lipinski definition) is 11. The number of rotatable bonds is 56. The van der Waals surface area contributed by atoms with E-state index in [4.69, 9.17) is 23.0 Å². The van der Waals surface area contributed by atoms with Crippen molar-refractivity contribution in [3.63, 3.8) is 0 Å². The molecule has 4 N–H and O–H groups in total. The molecule has 15 heteroatoms. The first-order valence-electron chi connectivity index (χ1n) is 33.5. The molecular weight excluding hydrogens is 1090 g/mol. The summed E-state index contributed by atoms with van der Waals surface area (Å²) >= 11 is 0. The summed E-state index contributed by atoms with van der Waals surface area (Å²) in [5, 5.41) is 19.2. The molecule has 3 rings (SSSR count). The van der Waals surface area contributed by atoms with E-state index in [1.807, 2.05) is 91.0 Å². The number of hydrogen-bond donors (Lipinski definition) is 4. The highest BCUT2D eigenvalue weighted by Gasteiger charge is 2.30. The first-order chi connectivity index (χ1) is 41.6. The maximum absolute atomic E-state index is 14.3. The Morgan fingerprint density at radius 2 is 0.871 bits per heavy atom. The van der Waals surface area contributed by atoms with Gasteiger partial charge >= 0.3 is 13.8 Å². The maximum atomic E-state index is 14.3. The highest BCUT2D eigenvalue weighted by Crippen LogP contribution is 2.51. The molecule has 0 aliphatic heterocycles. The van der Waals surface area contributed by atoms with Crippen LogP contribution in [0.1, 0.15) is 262 Å². The van der Waals surface area contributed by atoms with Crippen LogP contribution in [0.3, 0.4) is 0 Å². The van der Waals surface area contributed by atoms with Crippen LogP contribution in [0.15, 0.2) is 91.0 Å². The zero-order valence-electron chi connectivity index (χ0n) is 52.9. The Balaban J connectivity index is 1.68. The molecule has 0 saturated carbocycles. The predicted octanol–water partition coefficient (Wildman–Crippen LogP) is 16.8. The van der Waals surface area contributed by atoms with E-state index in [0.29, 0.717) is 25.9 Å². The Morgan fingerprint density at radius 3 is 1.34 bits per heavy atom. The second kappa shape index (κ2) is 50.6. The number of carbonyl (C=O) groups excluding carboxylic acids is 4. The Labute approximate surface area is 514 Å². The molecule has 0 bridgehead atoms. The van der Waals surface area contributed by atoms with Crippen LogP contribution < -0.4 is 16.0 Å². The quantitative estimate of drug-likeness (QED) is 0.0239. The molecule has 0 aliphatic carbocycles. The SMILES string of the molecule is CCCCCCCCCCCC(=O)O[C@H](CCCCCCCCCCC)CC(=O)N[C@@H](CCOP(=O)(OCc1ccccc1)OCc1ccccc1)C(=O)NCCC[C@H](CO)NC(=O)C[C@@H](CCCCCCCCCCC)OCc1ccccc1. The van der Waals surface area contributed by atoms with Crippen LogP contribution in [0.5, 0.6) is 0 Å². The number of esters is 1. The topological polar surface area (TPSA) is 188 Å². The van der Waals surface area contributed by atoms with Crippen LogP contribution in [0.2, 0.25) is 0 Å². The molecule has 4 atom stereocenters. The van der Waals surface area contributed by atoms with Gasteiger partial charge in [0, 0.05) is 19.4 Å². The van der Waals surface area contributed by atoms with Gasteiger partial charge in [-0.1, -0.05) is 272 Å². The normalized spacial score (nSPS) is 13.0. The van der Waals surface area contributed by atoms with Crippen molar-refractivity contribution >= 4 is 31.5 Å². The average molecular weight is 1200 g/mol. The average Bonchev–Trinajstić information content (AvgIpc) is 3.65. The summed E-state index contributed by atoms with van der Waals surface area (Å²) < 4.78 is 44.3. The van der Waals surface area contributed by atoms with Gasteiger partial charge in [0.2, 0.25) is 17.7 Å². The molecule has 0 fully saturated rings. The fourth-order valence-electron chi connectivity index (χ4n) is 10.4. The van der Waals surface area contributed by atoms with Crippen LogP contribution in [0.25, 0.3) is 0 Å². The second-order valence-electron chi connectivity index (χ2n) is 23.3. The first kappa shape index (κ1) is 74.8. The minimum Gasteiger partial charge on any atom is -0.462 e. The van der Waals surface area contributed by atoms with Gasteiger partial charge in [-0.3, -0.25) is 32.7 Å². The molecule has 0 unspecified atom stereocenters. The number of benzene rings is 3. The number of phosphoric ester groups is 1. The Morgan fingerprint density at radius 1 is 0.459 bits per heavy atom. The number of aliphatic hydroxyl groups is 1. The maximum Gasteiger partial charge on any atom is 0.475 e. The summed E-state index contributed by atoms with van der Waals surface area (Å²) in [6, 6.07) is 26.7. The van der Waals surface area contributed by atoms with Gasteiger partial charge in [0.05, 0.1) is 58.0 Å². The highest BCUT2D eigenvalue weighted by atomic mass is 31.2. The first-order valence-corrected chi connectivity index (χ1v) is 35.0. The van der Waals surface area contributed by atoms with Crippen LogP contribution in [0.4, 0.5) is 0 Å². The molecular formula is C70H114N3O11P. The number of aliphatic hydroxyl groups excluding tert-OH is 1. The summed E-state index contributed by atoms with van der Waals surface area (Å²) in [5.74, 6) is -1.49. The molecule has 85 heavy (non-hydrogen) atoms. The van der Waals surface area contributed by atoms with E-state index in [1.54, 1.807) is 0 Å². The van der Waals surface area contributed by atoms with Gasteiger partial charge in [0.25, 0.3) is 0 Å². The molecule has 480 valence electrons. The standard InChI is InChI=1S/C70H114N3O11P/c1-4-7-10-13-16-19-22-25-37-48-64(80-57-60-41-31-28-32-42-60)54-67(75)72-63(56-74)47-40-52-71-70(78)66(51-53-81-85(79,82-58-61-43-33-29-34-44-61)83-59-62-45-35-30-36-46-62)73-68(76)55-65(49-38-26-23-20-17-14-11-8-5-2)84-69(77)50-39-27-24-21-18-15-12-9-6-3/h28-36,41-46,63-66,74H,4-27,37-40,47-59H2,1-3H3,(H,71,78)(H,72,75)(H,73,76)/t63-,64-,65-,66+/m1/s1. The number of unbranched alkanes of at least 4 members (excludes halogenated alkanes) is 24. The van der Waals surface area contributed by atoms with E-state index < -0.39 is 37.8 Å². The smallest absolute Gasteiger partial charge is 0.462 e. The summed E-state index contributed by atoms with van der Waals surface area (Å²) in [6.07, 6.45) is 32.5. The Kier molecular flexibility index (Phi) is 44.5. The highest BCUT2D eigenvalue weighted by molar-refractivity contribution is 7.48. The molecule has 3 amide bonds. The van der Waals surface area contributed by atoms with E-state index in [2.05, 4.69) is 36.7 Å². The van der Waals surface area contributed by atoms with Gasteiger partial charge in [-0.25, -0.2) is 4.57 Å². The van der Waals surface area contributed by atoms with E-state index in [9.17, 15) is 28.8 Å². The fourth-order valence-corrected chi connectivity index (χ4v) is 11.6. The third-order valence-electron chi connectivity index (χ3n) is 15.6. The summed E-state index contributed by atoms with van der Waals surface area (Å²) in [5.41, 5.74) is 2.56. The van der Waals surface area contributed by atoms with Crippen molar-refractivity contribution in [1.82, 2.24) is 16.0 Å². The van der Waals surface area contributed by atoms with Crippen LogP contribution in [-0.2, 0) is 66.6 Å². The monoisotopic (exact) mass is 1200 g/mol. The van der Waals surface area contributed by atoms with Gasteiger partial charge in [-0.2, -0.15) is 0 Å². The van der Waals surface area contributed by atoms with Crippen molar-refractivity contribution in [2.24, 2.45) is 0 Å². The van der Waals surface area contributed by atoms with Crippen LogP contribution in [-0.4, -0.2) is 72.8 Å². The number of amides is 3. The van der Waals surface area contributed by atoms with E-state index in [1.165, 1.54) is 109 Å². The van der Waals surface area contributed by atoms with Crippen LogP contribution >= 0.6 is 7.82 Å². The molecule has 3 aromatic rings. The molecule has 0 aliphatic rings. The van der Waals surface area contributed by atoms with Crippen molar-refractivity contribution < 1.29 is 51.9 Å². The fraction of sp³-hybridized carbons (Fsp3) is 0.686. The van der Waals surface area contributed by atoms with Crippen molar-refractivity contribution in [2.45, 2.75) is 290 Å². The lowest BCUT2D eigenvalue weighted by Gasteiger charge is -2.23. The lowest BCUT2D eigenvalue weighted by molar-refractivity contribution is -0.151. The second-order valence-corrected chi connectivity index (χ2v) is 25.0. The van der Waals surface area contributed by atoms with Gasteiger partial charge < -0.3 is 30.5 Å². The lowest BCUT2D eigenvalue weighted by Crippen LogP contribution is -2.48. The molecule has 3 aromatic carbocycles. The van der Waals surface area contributed by atoms with E-state index >= 15 is 0 Å². The molecule has 0 saturated heterocycles. The van der Waals surface area contributed by atoms with Crippen molar-refractivity contribution in [3.8, 4) is 0 Å². The van der Waals surface area contributed by atoms with E-state index in [0.717, 1.165) is 87.3 Å². The van der Waals surface area contributed by atoms with Gasteiger partial charge in [0.15, 0.2) is 0 Å². The van der Waals surface area contributed by atoms with Crippen LogP contribution in [0, 0.1) is 0 Å². The largest absolute Gasteiger partial charge is 0.475 e. The molecule has 0 aromatic heterocycles. The lowest BCUT2D eigenvalue weighted by atomic mass is 10.0. The molecule has 0 radical (unpaired) electrons. The number of carbonyl (C=O) groups is 4. The molecule has 0 heterocycles. The number of phosphoric acid groups is 1. The zero-order valence-corrected chi connectivity index (χ0v) is 53.8. The molecule has 14 nitrogen and oxygen atoms in total. The zero-order chi connectivity index (χ0) is 61.1. The van der Waals surface area contributed by atoms with Crippen molar-refractivity contribution in [2.75, 3.05) is 19.8 Å². The van der Waals surface area contributed by atoms with Gasteiger partial charge in [-0.05, 0) is 55.2 Å². The third-order valence-corrected chi connectivity index (χ3v) is 17.0. The summed E-state index contributed by atoms with van der Waals surface area (Å²) in [6.45, 7) is 6.59. The van der Waals surface area contributed by atoms with Crippen molar-refractivity contribution in [3.05, 3.63) is 108 Å². The van der Waals surface area contributed by atoms with Gasteiger partial charge in [0.1, 0.15) is 12.1 Å². The third kappa shape index (κ3) is 39.9.